The molecule has 0 bridgehead atoms. The van der Waals surface area contributed by atoms with E-state index in [4.69, 9.17) is 4.74 Å². The molecule has 0 radical (unpaired) electrons. The highest BCUT2D eigenvalue weighted by Crippen LogP contribution is 2.25. The van der Waals surface area contributed by atoms with Crippen molar-refractivity contribution in [2.75, 3.05) is 12.4 Å². The summed E-state index contributed by atoms with van der Waals surface area (Å²) in [5.41, 5.74) is 3.42. The average molecular weight is 376 g/mol. The Kier molecular flexibility index (Phi) is 6.05. The topological polar surface area (TPSA) is 84.5 Å². The first-order chi connectivity index (χ1) is 12.1. The van der Waals surface area contributed by atoms with Gasteiger partial charge < -0.3 is 10.1 Å². The van der Waals surface area contributed by atoms with Gasteiger partial charge >= 0.3 is 0 Å². The Morgan fingerprint density at radius 2 is 1.65 bits per heavy atom. The van der Waals surface area contributed by atoms with Crippen molar-refractivity contribution in [2.45, 2.75) is 38.6 Å². The second-order valence-electron chi connectivity index (χ2n) is 6.30. The molecule has 2 aromatic rings. The average Bonchev–Trinajstić information content (AvgIpc) is 2.56. The zero-order valence-corrected chi connectivity index (χ0v) is 16.4. The van der Waals surface area contributed by atoms with Crippen LogP contribution in [0.1, 0.15) is 23.6 Å². The summed E-state index contributed by atoms with van der Waals surface area (Å²) in [6, 6.07) is 9.53. The van der Waals surface area contributed by atoms with Crippen LogP contribution in [0.4, 0.5) is 5.69 Å². The van der Waals surface area contributed by atoms with Gasteiger partial charge in [0.25, 0.3) is 0 Å². The zero-order valence-electron chi connectivity index (χ0n) is 15.6. The highest BCUT2D eigenvalue weighted by atomic mass is 32.2. The van der Waals surface area contributed by atoms with Crippen molar-refractivity contribution in [3.8, 4) is 5.75 Å². The number of hydrogen-bond acceptors (Lipinski definition) is 4. The maximum atomic E-state index is 12.7. The predicted octanol–water partition coefficient (Wildman–Crippen LogP) is 2.93. The van der Waals surface area contributed by atoms with Crippen molar-refractivity contribution in [3.05, 3.63) is 53.1 Å². The van der Waals surface area contributed by atoms with E-state index in [1.807, 2.05) is 26.0 Å². The molecule has 0 spiro atoms. The number of hydrogen-bond donors (Lipinski definition) is 2. The Hall–Kier alpha value is -2.38. The molecule has 7 heteroatoms. The fourth-order valence-electron chi connectivity index (χ4n) is 2.54. The first kappa shape index (κ1) is 19.9. The smallest absolute Gasteiger partial charge is 0.244 e. The van der Waals surface area contributed by atoms with Gasteiger partial charge in [-0.3, -0.25) is 4.79 Å². The number of sulfonamides is 1. The molecule has 26 heavy (non-hydrogen) atoms. The molecule has 2 N–H and O–H groups in total. The largest absolute Gasteiger partial charge is 0.495 e. The van der Waals surface area contributed by atoms with Crippen molar-refractivity contribution >= 4 is 21.6 Å². The van der Waals surface area contributed by atoms with Gasteiger partial charge in [-0.2, -0.15) is 4.72 Å². The molecule has 2 rings (SSSR count). The number of carbonyl (C=O) groups excluding carboxylic acids is 1. The number of anilines is 1. The van der Waals surface area contributed by atoms with Crippen LogP contribution in [-0.2, 0) is 14.8 Å². The number of aryl methyl sites for hydroxylation is 3. The summed E-state index contributed by atoms with van der Waals surface area (Å²) in [5.74, 6) is -0.211. The number of benzene rings is 2. The minimum absolute atomic E-state index is 0.00571. The molecule has 6 nitrogen and oxygen atoms in total. The molecule has 1 amide bonds. The number of amides is 1. The van der Waals surface area contributed by atoms with Gasteiger partial charge in [-0.15, -0.1) is 0 Å². The molecule has 0 fully saturated rings. The summed E-state index contributed by atoms with van der Waals surface area (Å²) in [7, 11) is -2.51. The highest BCUT2D eigenvalue weighted by molar-refractivity contribution is 7.89. The van der Waals surface area contributed by atoms with Gasteiger partial charge in [-0.25, -0.2) is 8.42 Å². The van der Waals surface area contributed by atoms with Crippen molar-refractivity contribution < 1.29 is 17.9 Å². The van der Waals surface area contributed by atoms with E-state index in [1.165, 1.54) is 20.1 Å². The minimum atomic E-state index is -3.91. The van der Waals surface area contributed by atoms with Crippen molar-refractivity contribution in [3.63, 3.8) is 0 Å². The van der Waals surface area contributed by atoms with E-state index in [2.05, 4.69) is 10.0 Å². The van der Waals surface area contributed by atoms with E-state index >= 15 is 0 Å². The van der Waals surface area contributed by atoms with Gasteiger partial charge in [0.05, 0.1) is 13.2 Å². The molecule has 0 saturated heterocycles. The van der Waals surface area contributed by atoms with Gasteiger partial charge in [0, 0.05) is 5.69 Å². The molecule has 0 aromatic heterocycles. The Labute approximate surface area is 154 Å². The predicted molar refractivity (Wildman–Crippen MR) is 102 cm³/mol. The molecular formula is C19H24N2O4S. The van der Waals surface area contributed by atoms with E-state index in [9.17, 15) is 13.2 Å². The van der Waals surface area contributed by atoms with Crippen LogP contribution >= 0.6 is 0 Å². The van der Waals surface area contributed by atoms with E-state index in [0.717, 1.165) is 16.7 Å². The van der Waals surface area contributed by atoms with Crippen LogP contribution < -0.4 is 14.8 Å². The van der Waals surface area contributed by atoms with Gasteiger partial charge in [-0.05, 0) is 57.0 Å². The maximum Gasteiger partial charge on any atom is 0.244 e. The van der Waals surface area contributed by atoms with Crippen LogP contribution in [0.15, 0.2) is 41.3 Å². The molecular weight excluding hydrogens is 352 g/mol. The summed E-state index contributed by atoms with van der Waals surface area (Å²) in [4.78, 5) is 12.4. The van der Waals surface area contributed by atoms with Crippen LogP contribution in [0.2, 0.25) is 0 Å². The Morgan fingerprint density at radius 1 is 1.04 bits per heavy atom. The molecule has 0 saturated carbocycles. The Bertz CT molecular complexity index is 923. The summed E-state index contributed by atoms with van der Waals surface area (Å²) in [6.45, 7) is 7.13. The molecule has 0 aliphatic carbocycles. The molecule has 0 heterocycles. The van der Waals surface area contributed by atoms with Gasteiger partial charge in [0.15, 0.2) is 0 Å². The van der Waals surface area contributed by atoms with E-state index < -0.39 is 22.0 Å². The fraction of sp³-hybridized carbons (Fsp3) is 0.316. The zero-order chi connectivity index (χ0) is 19.5. The first-order valence-corrected chi connectivity index (χ1v) is 9.67. The fourth-order valence-corrected chi connectivity index (χ4v) is 4.00. The van der Waals surface area contributed by atoms with E-state index in [1.54, 1.807) is 25.1 Å². The highest BCUT2D eigenvalue weighted by Gasteiger charge is 2.25. The lowest BCUT2D eigenvalue weighted by Crippen LogP contribution is -2.41. The monoisotopic (exact) mass is 376 g/mol. The first-order valence-electron chi connectivity index (χ1n) is 8.19. The van der Waals surface area contributed by atoms with Crippen molar-refractivity contribution in [1.29, 1.82) is 0 Å². The van der Waals surface area contributed by atoms with Crippen LogP contribution in [0.3, 0.4) is 0 Å². The third-order valence-corrected chi connectivity index (χ3v) is 5.54. The number of nitrogens with one attached hydrogen (secondary N) is 2. The lowest BCUT2D eigenvalue weighted by molar-refractivity contribution is -0.117. The summed E-state index contributed by atoms with van der Waals surface area (Å²) in [6.07, 6.45) is 0. The van der Waals surface area contributed by atoms with Crippen LogP contribution in [0, 0.1) is 20.8 Å². The number of methoxy groups -OCH3 is 1. The summed E-state index contributed by atoms with van der Waals surface area (Å²) < 4.78 is 32.9. The minimum Gasteiger partial charge on any atom is -0.495 e. The van der Waals surface area contributed by atoms with Gasteiger partial charge in [-0.1, -0.05) is 23.8 Å². The second-order valence-corrected chi connectivity index (χ2v) is 7.99. The lowest BCUT2D eigenvalue weighted by Gasteiger charge is -2.17. The third-order valence-electron chi connectivity index (χ3n) is 3.97. The SMILES string of the molecule is COc1ccc(C)cc1S(=O)(=O)N[C@@H](C)C(=O)Nc1ccc(C)cc1C. The normalized spacial score (nSPS) is 12.5. The molecule has 2 aromatic carbocycles. The maximum absolute atomic E-state index is 12.7. The molecule has 0 aliphatic rings. The molecule has 1 atom stereocenters. The number of rotatable bonds is 6. The Balaban J connectivity index is 2.18. The van der Waals surface area contributed by atoms with Crippen LogP contribution in [-0.4, -0.2) is 27.5 Å². The third kappa shape index (κ3) is 4.62. The number of carbonyl (C=O) groups is 1. The summed E-state index contributed by atoms with van der Waals surface area (Å²) in [5, 5.41) is 2.75. The van der Waals surface area contributed by atoms with E-state index in [0.29, 0.717) is 5.69 Å². The second kappa shape index (κ2) is 7.88. The molecule has 0 aliphatic heterocycles. The van der Waals surface area contributed by atoms with Crippen molar-refractivity contribution in [1.82, 2.24) is 4.72 Å². The number of ether oxygens (including phenoxy) is 1. The molecule has 140 valence electrons. The Morgan fingerprint density at radius 3 is 2.27 bits per heavy atom. The summed E-state index contributed by atoms with van der Waals surface area (Å²) >= 11 is 0. The standard InChI is InChI=1S/C19H24N2O4S/c1-12-6-8-16(14(3)10-12)20-19(22)15(4)21-26(23,24)18-11-13(2)7-9-17(18)25-5/h6-11,15,21H,1-5H3,(H,20,22)/t15-/m0/s1. The molecule has 0 unspecified atom stereocenters. The van der Waals surface area contributed by atoms with Gasteiger partial charge in [0.1, 0.15) is 10.6 Å². The van der Waals surface area contributed by atoms with E-state index in [-0.39, 0.29) is 10.6 Å². The van der Waals surface area contributed by atoms with Crippen LogP contribution in [0.25, 0.3) is 0 Å². The van der Waals surface area contributed by atoms with Gasteiger partial charge in [0.2, 0.25) is 15.9 Å². The quantitative estimate of drug-likeness (QED) is 0.812. The van der Waals surface area contributed by atoms with Crippen LogP contribution in [0.5, 0.6) is 5.75 Å². The van der Waals surface area contributed by atoms with Crippen molar-refractivity contribution in [2.24, 2.45) is 0 Å². The lowest BCUT2D eigenvalue weighted by atomic mass is 10.1.